The molecule has 0 amide bonds. The minimum atomic E-state index is -4.36. The monoisotopic (exact) mass is 485 g/mol. The number of benzene rings is 1. The summed E-state index contributed by atoms with van der Waals surface area (Å²) >= 11 is 5.25. The van der Waals surface area contributed by atoms with Crippen molar-refractivity contribution in [3.05, 3.63) is 56.8 Å². The molecule has 0 aliphatic carbocycles. The maximum atomic E-state index is 12.9. The zero-order chi connectivity index (χ0) is 20.9. The molecule has 29 heavy (non-hydrogen) atoms. The molecule has 0 aliphatic heterocycles. The number of nitrogens with one attached hydrogen (secondary N) is 1. The number of fused-ring (bicyclic) bond motifs is 1. The van der Waals surface area contributed by atoms with Gasteiger partial charge in [-0.3, -0.25) is 9.88 Å². The third kappa shape index (κ3) is 6.17. The molecule has 3 nitrogen and oxygen atoms in total. The lowest BCUT2D eigenvalue weighted by molar-refractivity contribution is -0.137. The van der Waals surface area contributed by atoms with Crippen LogP contribution in [0.1, 0.15) is 30.2 Å². The van der Waals surface area contributed by atoms with E-state index in [0.29, 0.717) is 10.9 Å². The number of hydrogen-bond donors (Lipinski definition) is 1. The number of nitrogens with zero attached hydrogens (tertiary/aromatic N) is 2. The van der Waals surface area contributed by atoms with Gasteiger partial charge < -0.3 is 5.32 Å². The van der Waals surface area contributed by atoms with Gasteiger partial charge >= 0.3 is 6.18 Å². The van der Waals surface area contributed by atoms with E-state index in [1.165, 1.54) is 10.9 Å². The average molecular weight is 486 g/mol. The van der Waals surface area contributed by atoms with Crippen LogP contribution in [0.25, 0.3) is 10.9 Å². The van der Waals surface area contributed by atoms with Crippen LogP contribution >= 0.6 is 27.3 Å². The fourth-order valence-corrected chi connectivity index (χ4v) is 4.74. The second kappa shape index (κ2) is 9.91. The third-order valence-corrected chi connectivity index (χ3v) is 6.26. The third-order valence-electron chi connectivity index (χ3n) is 4.58. The zero-order valence-electron chi connectivity index (χ0n) is 16.1. The zero-order valence-corrected chi connectivity index (χ0v) is 18.5. The van der Waals surface area contributed by atoms with E-state index >= 15 is 0 Å². The maximum Gasteiger partial charge on any atom is 0.416 e. The minimum Gasteiger partial charge on any atom is -0.384 e. The number of thiophene rings is 1. The lowest BCUT2D eigenvalue weighted by Gasteiger charge is -2.21. The van der Waals surface area contributed by atoms with Gasteiger partial charge in [0.05, 0.1) is 11.1 Å². The van der Waals surface area contributed by atoms with Crippen LogP contribution in [-0.4, -0.2) is 29.5 Å². The highest BCUT2D eigenvalue weighted by atomic mass is 79.9. The Morgan fingerprint density at radius 2 is 2.00 bits per heavy atom. The maximum absolute atomic E-state index is 12.9. The van der Waals surface area contributed by atoms with Crippen LogP contribution in [-0.2, 0) is 12.7 Å². The Kier molecular flexibility index (Phi) is 7.54. The summed E-state index contributed by atoms with van der Waals surface area (Å²) in [6.45, 7) is 5.84. The van der Waals surface area contributed by atoms with Crippen molar-refractivity contribution in [1.82, 2.24) is 9.88 Å². The van der Waals surface area contributed by atoms with Gasteiger partial charge in [-0.2, -0.15) is 13.2 Å². The normalized spacial score (nSPS) is 12.1. The largest absolute Gasteiger partial charge is 0.416 e. The average Bonchev–Trinajstić information content (AvgIpc) is 3.09. The highest BCUT2D eigenvalue weighted by Crippen LogP contribution is 2.32. The first-order valence-corrected chi connectivity index (χ1v) is 11.2. The van der Waals surface area contributed by atoms with Crippen molar-refractivity contribution < 1.29 is 13.2 Å². The molecule has 0 aliphatic rings. The molecule has 0 radical (unpaired) electrons. The molecule has 0 atom stereocenters. The van der Waals surface area contributed by atoms with Gasteiger partial charge in [0.1, 0.15) is 0 Å². The molecule has 0 bridgehead atoms. The molecule has 0 saturated carbocycles. The molecule has 0 unspecified atom stereocenters. The van der Waals surface area contributed by atoms with Gasteiger partial charge in [0.25, 0.3) is 0 Å². The number of rotatable bonds is 9. The second-order valence-electron chi connectivity index (χ2n) is 6.88. The van der Waals surface area contributed by atoms with Gasteiger partial charge in [0, 0.05) is 51.6 Å². The van der Waals surface area contributed by atoms with Gasteiger partial charge in [0.2, 0.25) is 0 Å². The number of pyridine rings is 1. The van der Waals surface area contributed by atoms with E-state index in [0.717, 1.165) is 61.3 Å². The summed E-state index contributed by atoms with van der Waals surface area (Å²) in [6.07, 6.45) is -0.781. The Balaban J connectivity index is 1.58. The van der Waals surface area contributed by atoms with Crippen LogP contribution in [0.3, 0.4) is 0 Å². The molecule has 3 aromatic rings. The predicted octanol–water partition coefficient (Wildman–Crippen LogP) is 6.79. The van der Waals surface area contributed by atoms with E-state index in [4.69, 9.17) is 0 Å². The molecule has 2 aromatic heterocycles. The van der Waals surface area contributed by atoms with E-state index in [2.05, 4.69) is 49.5 Å². The van der Waals surface area contributed by atoms with Crippen molar-refractivity contribution in [2.75, 3.05) is 25.0 Å². The van der Waals surface area contributed by atoms with E-state index in [1.54, 1.807) is 17.5 Å². The first-order chi connectivity index (χ1) is 13.9. The van der Waals surface area contributed by atoms with Crippen molar-refractivity contribution in [2.24, 2.45) is 0 Å². The van der Waals surface area contributed by atoms with Crippen LogP contribution in [0, 0.1) is 0 Å². The number of alkyl halides is 3. The molecular weight excluding hydrogens is 463 g/mol. The summed E-state index contributed by atoms with van der Waals surface area (Å²) in [5.41, 5.74) is 0.485. The number of aromatic nitrogens is 1. The summed E-state index contributed by atoms with van der Waals surface area (Å²) in [7, 11) is 0. The Morgan fingerprint density at radius 1 is 1.17 bits per heavy atom. The standard InChI is InChI=1S/C21H23BrF3N3S/c1-2-9-28(13-17-12-16(22)14-29-17)10-3-7-26-19-6-8-27-20-11-15(21(23,24)25)4-5-18(19)20/h4-6,8,11-12,14H,2-3,7,9-10,13H2,1H3,(H,26,27). The smallest absolute Gasteiger partial charge is 0.384 e. The molecule has 0 saturated heterocycles. The van der Waals surface area contributed by atoms with Gasteiger partial charge in [-0.15, -0.1) is 11.3 Å². The SMILES string of the molecule is CCCN(CCCNc1ccnc2cc(C(F)(F)F)ccc12)Cc1cc(Br)cs1. The van der Waals surface area contributed by atoms with Crippen LogP contribution in [0.4, 0.5) is 18.9 Å². The van der Waals surface area contributed by atoms with Crippen LogP contribution in [0.5, 0.6) is 0 Å². The number of halogens is 4. The Labute approximate surface area is 181 Å². The second-order valence-corrected chi connectivity index (χ2v) is 8.79. The summed E-state index contributed by atoms with van der Waals surface area (Å²) in [5, 5.41) is 6.16. The quantitative estimate of drug-likeness (QED) is 0.338. The van der Waals surface area contributed by atoms with Gasteiger partial charge in [-0.1, -0.05) is 13.0 Å². The Bertz CT molecular complexity index is 942. The van der Waals surface area contributed by atoms with E-state index in [-0.39, 0.29) is 0 Å². The van der Waals surface area contributed by atoms with Crippen LogP contribution in [0.2, 0.25) is 0 Å². The van der Waals surface area contributed by atoms with E-state index < -0.39 is 11.7 Å². The molecule has 8 heteroatoms. The molecule has 0 spiro atoms. The van der Waals surface area contributed by atoms with Gasteiger partial charge in [-0.05, 0) is 59.6 Å². The van der Waals surface area contributed by atoms with Gasteiger partial charge in [-0.25, -0.2) is 0 Å². The first-order valence-electron chi connectivity index (χ1n) is 9.52. The van der Waals surface area contributed by atoms with Crippen molar-refractivity contribution in [3.8, 4) is 0 Å². The molecule has 0 fully saturated rings. The lowest BCUT2D eigenvalue weighted by atomic mass is 10.1. The Hall–Kier alpha value is -1.64. The lowest BCUT2D eigenvalue weighted by Crippen LogP contribution is -2.26. The number of hydrogen-bond acceptors (Lipinski definition) is 4. The topological polar surface area (TPSA) is 28.2 Å². The molecule has 1 aromatic carbocycles. The summed E-state index contributed by atoms with van der Waals surface area (Å²) in [4.78, 5) is 7.86. The van der Waals surface area contributed by atoms with Gasteiger partial charge in [0.15, 0.2) is 0 Å². The van der Waals surface area contributed by atoms with E-state index in [1.807, 2.05) is 6.07 Å². The van der Waals surface area contributed by atoms with Crippen molar-refractivity contribution in [2.45, 2.75) is 32.5 Å². The fourth-order valence-electron chi connectivity index (χ4n) is 3.25. The Morgan fingerprint density at radius 3 is 2.69 bits per heavy atom. The molecular formula is C21H23BrF3N3S. The molecule has 156 valence electrons. The van der Waals surface area contributed by atoms with Crippen molar-refractivity contribution in [3.63, 3.8) is 0 Å². The first kappa shape index (κ1) is 22.1. The van der Waals surface area contributed by atoms with Crippen molar-refractivity contribution >= 4 is 43.9 Å². The van der Waals surface area contributed by atoms with Crippen LogP contribution in [0.15, 0.2) is 46.4 Å². The fraction of sp³-hybridized carbons (Fsp3) is 0.381. The summed E-state index contributed by atoms with van der Waals surface area (Å²) in [5.74, 6) is 0. The van der Waals surface area contributed by atoms with Crippen molar-refractivity contribution in [1.29, 1.82) is 0 Å². The molecule has 2 heterocycles. The van der Waals surface area contributed by atoms with E-state index in [9.17, 15) is 13.2 Å². The summed E-state index contributed by atoms with van der Waals surface area (Å²) < 4.78 is 39.9. The molecule has 1 N–H and O–H groups in total. The van der Waals surface area contributed by atoms with Crippen LogP contribution < -0.4 is 5.32 Å². The highest BCUT2D eigenvalue weighted by molar-refractivity contribution is 9.10. The summed E-state index contributed by atoms with van der Waals surface area (Å²) in [6, 6.07) is 7.66. The number of anilines is 1. The predicted molar refractivity (Wildman–Crippen MR) is 117 cm³/mol. The molecule has 3 rings (SSSR count). The highest BCUT2D eigenvalue weighted by Gasteiger charge is 2.30. The minimum absolute atomic E-state index is 0.348.